The molecule has 0 aromatic heterocycles. The van der Waals surface area contributed by atoms with Gasteiger partial charge in [0.2, 0.25) is 0 Å². The molecular formula is C14H17FN2O. The first-order valence-electron chi connectivity index (χ1n) is 6.45. The quantitative estimate of drug-likeness (QED) is 0.791. The van der Waals surface area contributed by atoms with E-state index in [4.69, 9.17) is 5.73 Å². The number of benzene rings is 1. The van der Waals surface area contributed by atoms with E-state index in [2.05, 4.69) is 5.32 Å². The highest BCUT2D eigenvalue weighted by Crippen LogP contribution is 2.43. The summed E-state index contributed by atoms with van der Waals surface area (Å²) >= 11 is 0. The minimum absolute atomic E-state index is 0.278. The van der Waals surface area contributed by atoms with E-state index in [1.165, 1.54) is 12.1 Å². The number of hydrogen-bond donors (Lipinski definition) is 2. The molecule has 2 saturated carbocycles. The highest BCUT2D eigenvalue weighted by atomic mass is 19.1. The normalized spacial score (nSPS) is 30.5. The lowest BCUT2D eigenvalue weighted by molar-refractivity contribution is -0.117. The van der Waals surface area contributed by atoms with Crippen LogP contribution in [0.5, 0.6) is 0 Å². The monoisotopic (exact) mass is 248 g/mol. The minimum Gasteiger partial charge on any atom is -0.397 e. The number of carbonyl (C=O) groups is 1. The Labute approximate surface area is 106 Å². The molecule has 0 heterocycles. The van der Waals surface area contributed by atoms with Crippen LogP contribution >= 0.6 is 0 Å². The van der Waals surface area contributed by atoms with Crippen LogP contribution in [0.3, 0.4) is 0 Å². The number of halogens is 1. The van der Waals surface area contributed by atoms with Gasteiger partial charge in [0, 0.05) is 18.9 Å². The summed E-state index contributed by atoms with van der Waals surface area (Å²) in [6.07, 6.45) is 3.43. The van der Waals surface area contributed by atoms with Crippen molar-refractivity contribution in [3.05, 3.63) is 24.0 Å². The van der Waals surface area contributed by atoms with Crippen molar-refractivity contribution in [1.29, 1.82) is 0 Å². The minimum atomic E-state index is -0.278. The van der Waals surface area contributed by atoms with Crippen LogP contribution < -0.4 is 11.1 Å². The Bertz CT molecular complexity index is 473. The number of nitrogens with two attached hydrogens (primary N) is 1. The van der Waals surface area contributed by atoms with Crippen molar-refractivity contribution in [3.8, 4) is 0 Å². The van der Waals surface area contributed by atoms with Gasteiger partial charge in [0.05, 0.1) is 11.4 Å². The van der Waals surface area contributed by atoms with Gasteiger partial charge in [0.25, 0.3) is 0 Å². The van der Waals surface area contributed by atoms with Crippen molar-refractivity contribution in [3.63, 3.8) is 0 Å². The molecule has 1 aromatic carbocycles. The summed E-state index contributed by atoms with van der Waals surface area (Å²) in [4.78, 5) is 11.3. The zero-order valence-corrected chi connectivity index (χ0v) is 10.2. The van der Waals surface area contributed by atoms with Crippen LogP contribution in [0.15, 0.2) is 18.2 Å². The Balaban J connectivity index is 1.68. The molecule has 0 amide bonds. The predicted octanol–water partition coefficient (Wildman–Crippen LogP) is 2.58. The van der Waals surface area contributed by atoms with Gasteiger partial charge in [-0.1, -0.05) is 0 Å². The van der Waals surface area contributed by atoms with E-state index in [-0.39, 0.29) is 5.82 Å². The summed E-state index contributed by atoms with van der Waals surface area (Å²) in [5, 5.41) is 3.32. The summed E-state index contributed by atoms with van der Waals surface area (Å²) in [5.74, 6) is 1.16. The van der Waals surface area contributed by atoms with E-state index in [0.29, 0.717) is 35.0 Å². The van der Waals surface area contributed by atoms with Gasteiger partial charge in [-0.05, 0) is 42.9 Å². The first-order chi connectivity index (χ1) is 8.61. The highest BCUT2D eigenvalue weighted by molar-refractivity contribution is 5.81. The molecule has 2 aliphatic carbocycles. The van der Waals surface area contributed by atoms with Gasteiger partial charge < -0.3 is 11.1 Å². The van der Waals surface area contributed by atoms with E-state index < -0.39 is 0 Å². The van der Waals surface area contributed by atoms with Gasteiger partial charge in [0.15, 0.2) is 0 Å². The molecule has 0 bridgehead atoms. The van der Waals surface area contributed by atoms with Crippen molar-refractivity contribution >= 4 is 17.2 Å². The molecule has 2 aliphatic rings. The maximum atomic E-state index is 13.2. The summed E-state index contributed by atoms with van der Waals surface area (Å²) in [5.41, 5.74) is 7.07. The molecule has 0 aliphatic heterocycles. The second kappa shape index (κ2) is 4.26. The first-order valence-corrected chi connectivity index (χ1v) is 6.45. The first kappa shape index (κ1) is 11.5. The van der Waals surface area contributed by atoms with Gasteiger partial charge in [-0.15, -0.1) is 0 Å². The fourth-order valence-electron chi connectivity index (χ4n) is 3.37. The Hall–Kier alpha value is -1.58. The third-order valence-electron chi connectivity index (χ3n) is 4.20. The topological polar surface area (TPSA) is 55.1 Å². The van der Waals surface area contributed by atoms with Gasteiger partial charge in [-0.25, -0.2) is 4.39 Å². The van der Waals surface area contributed by atoms with Crippen LogP contribution in [-0.4, -0.2) is 11.8 Å². The van der Waals surface area contributed by atoms with Crippen molar-refractivity contribution in [2.24, 2.45) is 11.8 Å². The average Bonchev–Trinajstić information content (AvgIpc) is 2.80. The maximum Gasteiger partial charge on any atom is 0.133 e. The molecule has 3 atom stereocenters. The molecular weight excluding hydrogens is 231 g/mol. The molecule has 3 rings (SSSR count). The number of ketones is 1. The number of rotatable bonds is 2. The lowest BCUT2D eigenvalue weighted by Gasteiger charge is -2.16. The molecule has 1 aromatic rings. The molecule has 18 heavy (non-hydrogen) atoms. The summed E-state index contributed by atoms with van der Waals surface area (Å²) in [7, 11) is 0. The van der Waals surface area contributed by atoms with Crippen molar-refractivity contribution in [2.45, 2.75) is 31.7 Å². The highest BCUT2D eigenvalue weighted by Gasteiger charge is 2.41. The number of nitrogen functional groups attached to an aromatic ring is 1. The van der Waals surface area contributed by atoms with Gasteiger partial charge >= 0.3 is 0 Å². The van der Waals surface area contributed by atoms with Crippen LogP contribution in [0, 0.1) is 17.7 Å². The molecule has 3 N–H and O–H groups in total. The Kier molecular flexibility index (Phi) is 2.73. The summed E-state index contributed by atoms with van der Waals surface area (Å²) in [6.45, 7) is 0. The van der Waals surface area contributed by atoms with Crippen molar-refractivity contribution in [1.82, 2.24) is 0 Å². The largest absolute Gasteiger partial charge is 0.397 e. The Morgan fingerprint density at radius 3 is 2.56 bits per heavy atom. The molecule has 0 spiro atoms. The summed E-state index contributed by atoms with van der Waals surface area (Å²) < 4.78 is 13.2. The second-order valence-electron chi connectivity index (χ2n) is 5.51. The van der Waals surface area contributed by atoms with Crippen LogP contribution in [-0.2, 0) is 4.79 Å². The van der Waals surface area contributed by atoms with Crippen LogP contribution in [0.4, 0.5) is 15.8 Å². The third-order valence-corrected chi connectivity index (χ3v) is 4.20. The molecule has 4 heteroatoms. The van der Waals surface area contributed by atoms with Crippen molar-refractivity contribution < 1.29 is 9.18 Å². The van der Waals surface area contributed by atoms with Crippen LogP contribution in [0.25, 0.3) is 0 Å². The van der Waals surface area contributed by atoms with Crippen LogP contribution in [0.2, 0.25) is 0 Å². The fourth-order valence-corrected chi connectivity index (χ4v) is 3.37. The van der Waals surface area contributed by atoms with Crippen LogP contribution in [0.1, 0.15) is 25.7 Å². The smallest absolute Gasteiger partial charge is 0.133 e. The number of Topliss-reactive ketones (excluding diaryl/α,β-unsaturated/α-hetero) is 1. The summed E-state index contributed by atoms with van der Waals surface area (Å²) in [6, 6.07) is 4.70. The van der Waals surface area contributed by atoms with E-state index in [1.54, 1.807) is 6.07 Å². The number of nitrogens with one attached hydrogen (secondary N) is 1. The number of hydrogen-bond acceptors (Lipinski definition) is 3. The average molecular weight is 248 g/mol. The molecule has 0 radical (unpaired) electrons. The number of anilines is 2. The van der Waals surface area contributed by atoms with E-state index in [9.17, 15) is 9.18 Å². The predicted molar refractivity (Wildman–Crippen MR) is 68.7 cm³/mol. The molecule has 0 saturated heterocycles. The fraction of sp³-hybridized carbons (Fsp3) is 0.500. The molecule has 0 unspecified atom stereocenters. The van der Waals surface area contributed by atoms with Crippen molar-refractivity contribution in [2.75, 3.05) is 11.1 Å². The number of carbonyl (C=O) groups excluding carboxylic acids is 1. The van der Waals surface area contributed by atoms with Gasteiger partial charge in [-0.2, -0.15) is 0 Å². The lowest BCUT2D eigenvalue weighted by Crippen LogP contribution is -2.18. The SMILES string of the molecule is Nc1ccc(F)cc1N[C@H]1C[C@H]2CC(=O)C[C@H]2C1. The lowest BCUT2D eigenvalue weighted by atomic mass is 10.0. The van der Waals surface area contributed by atoms with Gasteiger partial charge in [0.1, 0.15) is 11.6 Å². The maximum absolute atomic E-state index is 13.2. The standard InChI is InChI=1S/C14H17FN2O/c15-10-1-2-13(16)14(7-10)17-11-3-8-5-12(18)6-9(8)4-11/h1-2,7-9,11,17H,3-6,16H2/t8-,9+,11-. The van der Waals surface area contributed by atoms with E-state index in [0.717, 1.165) is 25.7 Å². The molecule has 96 valence electrons. The molecule has 3 nitrogen and oxygen atoms in total. The van der Waals surface area contributed by atoms with E-state index in [1.807, 2.05) is 0 Å². The molecule has 2 fully saturated rings. The Morgan fingerprint density at radius 1 is 1.22 bits per heavy atom. The zero-order chi connectivity index (χ0) is 12.7. The zero-order valence-electron chi connectivity index (χ0n) is 10.2. The number of fused-ring (bicyclic) bond motifs is 1. The Morgan fingerprint density at radius 2 is 1.89 bits per heavy atom. The third kappa shape index (κ3) is 2.07. The van der Waals surface area contributed by atoms with E-state index >= 15 is 0 Å². The second-order valence-corrected chi connectivity index (χ2v) is 5.51. The van der Waals surface area contributed by atoms with Gasteiger partial charge in [-0.3, -0.25) is 4.79 Å².